The van der Waals surface area contributed by atoms with Gasteiger partial charge in [0.05, 0.1) is 4.90 Å². The van der Waals surface area contributed by atoms with E-state index in [4.69, 9.17) is 5.84 Å². The Kier molecular flexibility index (Phi) is 3.66. The van der Waals surface area contributed by atoms with Gasteiger partial charge in [-0.3, -0.25) is 0 Å². The largest absolute Gasteiger partial charge is 0.308 e. The van der Waals surface area contributed by atoms with Crippen molar-refractivity contribution in [2.75, 3.05) is 12.0 Å². The first-order valence-electron chi connectivity index (χ1n) is 7.07. The number of fused-ring (bicyclic) bond motifs is 1. The third-order valence-electron chi connectivity index (χ3n) is 4.45. The number of hydrogen-bond donors (Lipinski definition) is 2. The Morgan fingerprint density at radius 1 is 1.30 bits per heavy atom. The second kappa shape index (κ2) is 5.31. The van der Waals surface area contributed by atoms with Crippen molar-refractivity contribution in [3.05, 3.63) is 18.3 Å². The van der Waals surface area contributed by atoms with Crippen molar-refractivity contribution < 1.29 is 8.42 Å². The Bertz CT molecular complexity index is 590. The smallest absolute Gasteiger partial charge is 0.243 e. The van der Waals surface area contributed by atoms with Gasteiger partial charge < -0.3 is 5.43 Å². The number of nitrogens with zero attached hydrogens (tertiary/aromatic N) is 2. The van der Waals surface area contributed by atoms with Crippen molar-refractivity contribution >= 4 is 15.8 Å². The molecule has 1 aromatic rings. The molecule has 0 amide bonds. The molecule has 20 heavy (non-hydrogen) atoms. The highest BCUT2D eigenvalue weighted by Gasteiger charge is 2.42. The van der Waals surface area contributed by atoms with Crippen LogP contribution >= 0.6 is 0 Å². The lowest BCUT2D eigenvalue weighted by molar-refractivity contribution is 0.260. The molecule has 3 N–H and O–H groups in total. The molecule has 2 heterocycles. The summed E-state index contributed by atoms with van der Waals surface area (Å²) < 4.78 is 27.3. The molecule has 1 aliphatic carbocycles. The van der Waals surface area contributed by atoms with Crippen molar-refractivity contribution in [1.82, 2.24) is 9.29 Å². The molecule has 3 rings (SSSR count). The number of aromatic nitrogens is 1. The SMILES string of the molecule is NNc1cc(S(=O)(=O)N2CCC3CCCCC32)ccn1. The van der Waals surface area contributed by atoms with Crippen LogP contribution in [-0.4, -0.2) is 30.3 Å². The normalized spacial score (nSPS) is 27.2. The third kappa shape index (κ3) is 2.30. The number of nitrogens with two attached hydrogens (primary N) is 1. The van der Waals surface area contributed by atoms with Crippen LogP contribution in [0.1, 0.15) is 32.1 Å². The van der Waals surface area contributed by atoms with Crippen LogP contribution in [0, 0.1) is 5.92 Å². The fourth-order valence-corrected chi connectivity index (χ4v) is 5.19. The molecular weight excluding hydrogens is 276 g/mol. The quantitative estimate of drug-likeness (QED) is 0.649. The molecule has 2 aliphatic rings. The van der Waals surface area contributed by atoms with Gasteiger partial charge in [-0.25, -0.2) is 19.2 Å². The van der Waals surface area contributed by atoms with Crippen LogP contribution in [0.25, 0.3) is 0 Å². The predicted octanol–water partition coefficient (Wildman–Crippen LogP) is 1.32. The van der Waals surface area contributed by atoms with E-state index >= 15 is 0 Å². The zero-order valence-corrected chi connectivity index (χ0v) is 12.1. The Morgan fingerprint density at radius 3 is 2.90 bits per heavy atom. The fourth-order valence-electron chi connectivity index (χ4n) is 3.45. The van der Waals surface area contributed by atoms with Gasteiger partial charge in [-0.2, -0.15) is 4.31 Å². The van der Waals surface area contributed by atoms with Gasteiger partial charge in [-0.05, 0) is 31.2 Å². The number of anilines is 1. The minimum absolute atomic E-state index is 0.177. The summed E-state index contributed by atoms with van der Waals surface area (Å²) >= 11 is 0. The summed E-state index contributed by atoms with van der Waals surface area (Å²) in [6.45, 7) is 0.630. The van der Waals surface area contributed by atoms with Gasteiger partial charge in [0.25, 0.3) is 0 Å². The summed E-state index contributed by atoms with van der Waals surface area (Å²) in [5, 5.41) is 0. The summed E-state index contributed by atoms with van der Waals surface area (Å²) in [5.41, 5.74) is 2.39. The molecule has 1 saturated heterocycles. The molecule has 1 saturated carbocycles. The van der Waals surface area contributed by atoms with E-state index in [0.29, 0.717) is 18.3 Å². The van der Waals surface area contributed by atoms with Crippen LogP contribution in [0.4, 0.5) is 5.82 Å². The molecule has 6 nitrogen and oxygen atoms in total. The lowest BCUT2D eigenvalue weighted by atomic mass is 9.86. The summed E-state index contributed by atoms with van der Waals surface area (Å²) in [5.74, 6) is 6.20. The molecule has 2 unspecified atom stereocenters. The number of pyridine rings is 1. The average molecular weight is 296 g/mol. The van der Waals surface area contributed by atoms with Crippen LogP contribution in [0.5, 0.6) is 0 Å². The summed E-state index contributed by atoms with van der Waals surface area (Å²) in [6, 6.07) is 3.20. The maximum atomic E-state index is 12.8. The van der Waals surface area contributed by atoms with Gasteiger partial charge in [0.15, 0.2) is 0 Å². The van der Waals surface area contributed by atoms with Crippen molar-refractivity contribution in [2.24, 2.45) is 11.8 Å². The Labute approximate surface area is 119 Å². The van der Waals surface area contributed by atoms with Gasteiger partial charge >= 0.3 is 0 Å². The monoisotopic (exact) mass is 296 g/mol. The Balaban J connectivity index is 1.91. The van der Waals surface area contributed by atoms with E-state index in [1.165, 1.54) is 24.8 Å². The van der Waals surface area contributed by atoms with Crippen molar-refractivity contribution in [1.29, 1.82) is 0 Å². The number of hydrogen-bond acceptors (Lipinski definition) is 5. The molecule has 1 aromatic heterocycles. The van der Waals surface area contributed by atoms with E-state index in [2.05, 4.69) is 10.4 Å². The standard InChI is InChI=1S/C13H20N4O2S/c14-16-13-9-11(5-7-15-13)20(18,19)17-8-6-10-3-1-2-4-12(10)17/h5,7,9-10,12H,1-4,6,8,14H2,(H,15,16). The molecule has 0 bridgehead atoms. The molecule has 2 fully saturated rings. The number of nitrogens with one attached hydrogen (secondary N) is 1. The van der Waals surface area contributed by atoms with Gasteiger partial charge in [0.2, 0.25) is 10.0 Å². The van der Waals surface area contributed by atoms with E-state index in [1.807, 2.05) is 0 Å². The first kappa shape index (κ1) is 13.8. The van der Waals surface area contributed by atoms with Gasteiger partial charge in [-0.15, -0.1) is 0 Å². The van der Waals surface area contributed by atoms with Gasteiger partial charge in [0.1, 0.15) is 5.82 Å². The predicted molar refractivity (Wildman–Crippen MR) is 76.3 cm³/mol. The molecule has 7 heteroatoms. The third-order valence-corrected chi connectivity index (χ3v) is 6.37. The Morgan fingerprint density at radius 2 is 2.10 bits per heavy atom. The van der Waals surface area contributed by atoms with Crippen LogP contribution in [0.3, 0.4) is 0 Å². The minimum Gasteiger partial charge on any atom is -0.308 e. The average Bonchev–Trinajstić information content (AvgIpc) is 2.92. The Hall–Kier alpha value is -1.18. The maximum Gasteiger partial charge on any atom is 0.243 e. The van der Waals surface area contributed by atoms with Crippen molar-refractivity contribution in [2.45, 2.75) is 43.0 Å². The second-order valence-corrected chi connectivity index (χ2v) is 7.43. The highest BCUT2D eigenvalue weighted by molar-refractivity contribution is 7.89. The molecule has 0 radical (unpaired) electrons. The number of sulfonamides is 1. The van der Waals surface area contributed by atoms with E-state index in [0.717, 1.165) is 25.7 Å². The molecule has 110 valence electrons. The van der Waals surface area contributed by atoms with Crippen LogP contribution in [0.15, 0.2) is 23.2 Å². The van der Waals surface area contributed by atoms with Crippen LogP contribution < -0.4 is 11.3 Å². The first-order valence-corrected chi connectivity index (χ1v) is 8.51. The van der Waals surface area contributed by atoms with E-state index < -0.39 is 10.0 Å². The number of rotatable bonds is 3. The summed E-state index contributed by atoms with van der Waals surface area (Å²) in [4.78, 5) is 4.23. The molecule has 1 aliphatic heterocycles. The second-order valence-electron chi connectivity index (χ2n) is 5.54. The van der Waals surface area contributed by atoms with Crippen LogP contribution in [-0.2, 0) is 10.0 Å². The van der Waals surface area contributed by atoms with Gasteiger partial charge in [-0.1, -0.05) is 12.8 Å². The highest BCUT2D eigenvalue weighted by Crippen LogP contribution is 2.39. The fraction of sp³-hybridized carbons (Fsp3) is 0.615. The minimum atomic E-state index is -3.44. The van der Waals surface area contributed by atoms with Crippen molar-refractivity contribution in [3.8, 4) is 0 Å². The molecule has 0 aromatic carbocycles. The zero-order valence-electron chi connectivity index (χ0n) is 11.3. The first-order chi connectivity index (χ1) is 9.63. The molecule has 0 spiro atoms. The number of nitrogen functional groups attached to an aromatic ring is 1. The summed E-state index contributed by atoms with van der Waals surface area (Å²) in [6.07, 6.45) is 6.94. The van der Waals surface area contributed by atoms with Crippen molar-refractivity contribution in [3.63, 3.8) is 0 Å². The molecular formula is C13H20N4O2S. The topological polar surface area (TPSA) is 88.3 Å². The number of hydrazine groups is 1. The zero-order chi connectivity index (χ0) is 14.2. The lowest BCUT2D eigenvalue weighted by Gasteiger charge is -2.31. The molecule has 2 atom stereocenters. The van der Waals surface area contributed by atoms with Gasteiger partial charge in [0, 0.05) is 24.8 Å². The van der Waals surface area contributed by atoms with E-state index in [-0.39, 0.29) is 10.9 Å². The van der Waals surface area contributed by atoms with E-state index in [9.17, 15) is 8.42 Å². The summed E-state index contributed by atoms with van der Waals surface area (Å²) in [7, 11) is -3.44. The highest BCUT2D eigenvalue weighted by atomic mass is 32.2. The lowest BCUT2D eigenvalue weighted by Crippen LogP contribution is -2.39. The van der Waals surface area contributed by atoms with Crippen LogP contribution in [0.2, 0.25) is 0 Å². The van der Waals surface area contributed by atoms with E-state index in [1.54, 1.807) is 4.31 Å². The maximum absolute atomic E-state index is 12.8.